The Bertz CT molecular complexity index is 2320. The van der Waals surface area contributed by atoms with Gasteiger partial charge in [-0.05, 0) is 82.7 Å². The molecule has 4 aromatic carbocycles. The van der Waals surface area contributed by atoms with Crippen LogP contribution in [-0.2, 0) is 25.5 Å². The monoisotopic (exact) mass is 865 g/mol. The molecule has 0 saturated heterocycles. The van der Waals surface area contributed by atoms with Crippen LogP contribution in [0, 0.1) is 46.8 Å². The van der Waals surface area contributed by atoms with Crippen LogP contribution in [0.15, 0.2) is 95.7 Å². The van der Waals surface area contributed by atoms with E-state index in [2.05, 4.69) is 164 Å². The first-order chi connectivity index (χ1) is 23.6. The number of fused-ring (bicyclic) bond motifs is 3. The van der Waals surface area contributed by atoms with Crippen LogP contribution in [0.5, 0.6) is 0 Å². The minimum Gasteiger partial charge on any atom is -0.500 e. The number of rotatable bonds is 4. The van der Waals surface area contributed by atoms with Gasteiger partial charge in [-0.25, -0.2) is 0 Å². The van der Waals surface area contributed by atoms with E-state index in [-0.39, 0.29) is 25.5 Å². The molecule has 0 saturated carbocycles. The van der Waals surface area contributed by atoms with Crippen LogP contribution in [0.4, 0.5) is 0 Å². The summed E-state index contributed by atoms with van der Waals surface area (Å²) in [4.78, 5) is 9.22. The smallest absolute Gasteiger partial charge is 0.121 e. The Balaban J connectivity index is 0.000000226. The van der Waals surface area contributed by atoms with E-state index in [1.54, 1.807) is 0 Å². The van der Waals surface area contributed by atoms with Gasteiger partial charge in [-0.15, -0.1) is 58.7 Å². The second-order valence-corrected chi connectivity index (χ2v) is 20.9. The molecule has 0 fully saturated rings. The second kappa shape index (κ2) is 14.8. The number of pyridine rings is 2. The molecule has 0 unspecified atom stereocenters. The van der Waals surface area contributed by atoms with E-state index in [0.717, 1.165) is 44.5 Å². The molecular weight excluding hydrogens is 817 g/mol. The van der Waals surface area contributed by atoms with Crippen molar-refractivity contribution in [2.45, 2.75) is 80.4 Å². The quantitative estimate of drug-likeness (QED) is 0.131. The zero-order valence-electron chi connectivity index (χ0n) is 31.8. The van der Waals surface area contributed by atoms with Gasteiger partial charge in [0, 0.05) is 37.9 Å². The van der Waals surface area contributed by atoms with Crippen molar-refractivity contribution in [1.82, 2.24) is 9.97 Å². The normalized spacial score (nSPS) is 11.7. The Morgan fingerprint density at radius 3 is 1.98 bits per heavy atom. The van der Waals surface area contributed by atoms with Gasteiger partial charge >= 0.3 is 0 Å². The summed E-state index contributed by atoms with van der Waals surface area (Å²) in [5.41, 5.74) is 16.0. The van der Waals surface area contributed by atoms with Gasteiger partial charge in [-0.1, -0.05) is 108 Å². The third-order valence-corrected chi connectivity index (χ3v) is 11.5. The van der Waals surface area contributed by atoms with Crippen LogP contribution in [0.25, 0.3) is 55.6 Å². The van der Waals surface area contributed by atoms with Crippen LogP contribution in [0.1, 0.15) is 54.2 Å². The zero-order chi connectivity index (χ0) is 36.0. The molecule has 0 aliphatic rings. The maximum Gasteiger partial charge on any atom is 0.121 e. The van der Waals surface area contributed by atoms with Gasteiger partial charge in [0.15, 0.2) is 0 Å². The second-order valence-electron chi connectivity index (χ2n) is 15.8. The molecule has 3 nitrogen and oxygen atoms in total. The van der Waals surface area contributed by atoms with Crippen LogP contribution in [0.2, 0.25) is 19.6 Å². The van der Waals surface area contributed by atoms with Crippen molar-refractivity contribution in [1.29, 1.82) is 0 Å². The molecule has 0 atom stereocenters. The van der Waals surface area contributed by atoms with Crippen LogP contribution in [-0.4, -0.2) is 18.0 Å². The molecule has 7 aromatic rings. The van der Waals surface area contributed by atoms with Crippen molar-refractivity contribution in [2.75, 3.05) is 0 Å². The number of aromatic nitrogens is 2. The van der Waals surface area contributed by atoms with Crippen molar-refractivity contribution in [2.24, 2.45) is 0 Å². The fourth-order valence-electron chi connectivity index (χ4n) is 6.72. The number of hydrogen-bond acceptors (Lipinski definition) is 3. The van der Waals surface area contributed by atoms with E-state index in [0.29, 0.717) is 0 Å². The van der Waals surface area contributed by atoms with Crippen LogP contribution >= 0.6 is 0 Å². The third-order valence-electron chi connectivity index (χ3n) is 9.44. The number of aryl methyl sites for hydroxylation is 5. The maximum absolute atomic E-state index is 6.24. The van der Waals surface area contributed by atoms with Gasteiger partial charge in [0.25, 0.3) is 0 Å². The van der Waals surface area contributed by atoms with E-state index < -0.39 is 8.07 Å². The first kappa shape index (κ1) is 38.1. The summed E-state index contributed by atoms with van der Waals surface area (Å²) in [5, 5.41) is 3.62. The molecule has 3 aromatic heterocycles. The summed E-state index contributed by atoms with van der Waals surface area (Å²) in [6, 6.07) is 34.6. The van der Waals surface area contributed by atoms with Crippen molar-refractivity contribution in [3.8, 4) is 33.6 Å². The standard InChI is InChI=1S/C30H28NO.C16H20NSi.Ir/c1-18-13-19(2)29(20(3)14-18)22-7-9-24-25-15-21(8-10-27(25)32-28(24)16-22)26-17-23(11-12-31-26)30(4,5)6;1-12-6-8-15(13(2)10-12)16-9-7-14(11-17-16)18(3,4)5;/h7,9-17H,1-6H3;6-7,9-11H,1-5H3;/q2*-1;. The van der Waals surface area contributed by atoms with Gasteiger partial charge in [0.05, 0.1) is 13.7 Å². The summed E-state index contributed by atoms with van der Waals surface area (Å²) in [6.45, 7) is 24.4. The SMILES string of the molecule is Cc1c[c-]c(-c2ccc([Si](C)(C)C)cn2)c(C)c1.Cc1cc(C)c(-c2ccc3c(c2)oc2c[c-]c(-c4cc(C(C)(C)C)ccn4)cc23)c(C)c1.[Ir]. The molecule has 0 bridgehead atoms. The van der Waals surface area contributed by atoms with Crippen molar-refractivity contribution < 1.29 is 24.5 Å². The first-order valence-electron chi connectivity index (χ1n) is 17.5. The fraction of sp³-hybridized carbons (Fsp3) is 0.261. The molecule has 0 aliphatic heterocycles. The summed E-state index contributed by atoms with van der Waals surface area (Å²) in [7, 11) is -1.25. The summed E-state index contributed by atoms with van der Waals surface area (Å²) in [5.74, 6) is 0. The Hall–Kier alpha value is -4.15. The first-order valence-corrected chi connectivity index (χ1v) is 21.0. The van der Waals surface area contributed by atoms with Gasteiger partial charge in [-0.3, -0.25) is 0 Å². The average Bonchev–Trinajstić information content (AvgIpc) is 3.41. The van der Waals surface area contributed by atoms with Gasteiger partial charge in [-0.2, -0.15) is 0 Å². The molecular formula is C46H48IrN2OSi-2. The Labute approximate surface area is 319 Å². The summed E-state index contributed by atoms with van der Waals surface area (Å²) >= 11 is 0. The minimum absolute atomic E-state index is 0. The largest absolute Gasteiger partial charge is 0.500 e. The van der Waals surface area contributed by atoms with E-state index in [1.807, 2.05) is 24.5 Å². The molecule has 0 N–H and O–H groups in total. The van der Waals surface area contributed by atoms with Crippen LogP contribution < -0.4 is 5.19 Å². The van der Waals surface area contributed by atoms with Gasteiger partial charge < -0.3 is 14.4 Å². The van der Waals surface area contributed by atoms with E-state index in [1.165, 1.54) is 49.7 Å². The number of nitrogens with zero attached hydrogens (tertiary/aromatic N) is 2. The van der Waals surface area contributed by atoms with Crippen molar-refractivity contribution >= 4 is 35.2 Å². The molecule has 1 radical (unpaired) electrons. The molecule has 0 spiro atoms. The third kappa shape index (κ3) is 8.33. The van der Waals surface area contributed by atoms with Gasteiger partial charge in [0.1, 0.15) is 5.58 Å². The summed E-state index contributed by atoms with van der Waals surface area (Å²) < 4.78 is 6.24. The Morgan fingerprint density at radius 2 is 1.35 bits per heavy atom. The zero-order valence-corrected chi connectivity index (χ0v) is 35.2. The van der Waals surface area contributed by atoms with E-state index >= 15 is 0 Å². The molecule has 51 heavy (non-hydrogen) atoms. The van der Waals surface area contributed by atoms with E-state index in [4.69, 9.17) is 4.42 Å². The topological polar surface area (TPSA) is 38.9 Å². The number of hydrogen-bond donors (Lipinski definition) is 0. The Kier molecular flexibility index (Phi) is 11.1. The molecule has 0 aliphatic carbocycles. The van der Waals surface area contributed by atoms with Crippen molar-refractivity contribution in [3.05, 3.63) is 137 Å². The minimum atomic E-state index is -1.25. The average molecular weight is 865 g/mol. The number of benzene rings is 4. The predicted octanol–water partition coefficient (Wildman–Crippen LogP) is 12.0. The van der Waals surface area contributed by atoms with E-state index in [9.17, 15) is 0 Å². The fourth-order valence-corrected chi connectivity index (χ4v) is 7.76. The van der Waals surface area contributed by atoms with Crippen LogP contribution in [0.3, 0.4) is 0 Å². The number of furan rings is 1. The maximum atomic E-state index is 6.24. The Morgan fingerprint density at radius 1 is 0.647 bits per heavy atom. The molecule has 5 heteroatoms. The van der Waals surface area contributed by atoms with Crippen molar-refractivity contribution in [3.63, 3.8) is 0 Å². The summed E-state index contributed by atoms with van der Waals surface area (Å²) in [6.07, 6.45) is 3.93. The molecule has 263 valence electrons. The molecule has 7 rings (SSSR count). The predicted molar refractivity (Wildman–Crippen MR) is 215 cm³/mol. The molecule has 3 heterocycles. The van der Waals surface area contributed by atoms with Gasteiger partial charge in [0.2, 0.25) is 0 Å². The molecule has 0 amide bonds.